The van der Waals surface area contributed by atoms with Crippen molar-refractivity contribution in [1.29, 1.82) is 0 Å². The highest BCUT2D eigenvalue weighted by atomic mass is 16.5. The van der Waals surface area contributed by atoms with Crippen molar-refractivity contribution >= 4 is 0 Å². The zero-order valence-corrected chi connectivity index (χ0v) is 13.1. The number of likely N-dealkylation sites (tertiary alicyclic amines) is 1. The average molecular weight is 299 g/mol. The summed E-state index contributed by atoms with van der Waals surface area (Å²) in [5, 5.41) is 7.64. The monoisotopic (exact) mass is 299 g/mol. The van der Waals surface area contributed by atoms with Crippen LogP contribution >= 0.6 is 0 Å². The zero-order valence-electron chi connectivity index (χ0n) is 13.1. The Bertz CT molecular complexity index is 696. The van der Waals surface area contributed by atoms with E-state index in [2.05, 4.69) is 27.4 Å². The molecule has 6 heteroatoms. The summed E-state index contributed by atoms with van der Waals surface area (Å²) in [6, 6.07) is 0. The lowest BCUT2D eigenvalue weighted by molar-refractivity contribution is 0.345. The Balaban J connectivity index is 1.72. The summed E-state index contributed by atoms with van der Waals surface area (Å²) in [5.74, 6) is 1.83. The largest absolute Gasteiger partial charge is 0.339 e. The molecular formula is C16H21N5O. The smallest absolute Gasteiger partial charge is 0.231 e. The lowest BCUT2D eigenvalue weighted by Crippen LogP contribution is -2.24. The number of hydrogen-bond acceptors (Lipinski definition) is 6. The second kappa shape index (κ2) is 5.44. The molecule has 2 aliphatic rings. The summed E-state index contributed by atoms with van der Waals surface area (Å²) in [5.41, 5.74) is 4.62. The van der Waals surface area contributed by atoms with E-state index in [0.717, 1.165) is 56.2 Å². The first kappa shape index (κ1) is 13.8. The van der Waals surface area contributed by atoms with Crippen molar-refractivity contribution in [3.05, 3.63) is 28.9 Å². The van der Waals surface area contributed by atoms with Crippen molar-refractivity contribution < 1.29 is 4.52 Å². The van der Waals surface area contributed by atoms with Gasteiger partial charge in [0.1, 0.15) is 0 Å². The molecule has 1 N–H and O–H groups in total. The molecule has 1 fully saturated rings. The number of fused-ring (bicyclic) bond motifs is 1. The van der Waals surface area contributed by atoms with E-state index in [1.54, 1.807) is 0 Å². The number of likely N-dealkylation sites (N-methyl/N-ethyl adjacent to an activating group) is 1. The standard InChI is InChI=1S/C16H21N5O/c1-10-14(13-3-5-17-7-12(13)8-18-10)15-19-16(22-20-15)11-4-6-21(2)9-11/h8,11,17H,3-7,9H2,1-2H3. The van der Waals surface area contributed by atoms with Crippen LogP contribution in [0.3, 0.4) is 0 Å². The van der Waals surface area contributed by atoms with Crippen molar-refractivity contribution in [3.8, 4) is 11.4 Å². The summed E-state index contributed by atoms with van der Waals surface area (Å²) < 4.78 is 5.57. The lowest BCUT2D eigenvalue weighted by Gasteiger charge is -2.19. The highest BCUT2D eigenvalue weighted by Crippen LogP contribution is 2.31. The highest BCUT2D eigenvalue weighted by molar-refractivity contribution is 5.64. The molecule has 0 aromatic carbocycles. The Kier molecular flexibility index (Phi) is 3.43. The average Bonchev–Trinajstić information content (AvgIpc) is 3.16. The minimum Gasteiger partial charge on any atom is -0.339 e. The fraction of sp³-hybridized carbons (Fsp3) is 0.562. The topological polar surface area (TPSA) is 67.1 Å². The van der Waals surface area contributed by atoms with E-state index in [1.807, 2.05) is 13.1 Å². The van der Waals surface area contributed by atoms with Crippen LogP contribution in [0.1, 0.15) is 35.1 Å². The lowest BCUT2D eigenvalue weighted by atomic mass is 9.95. The number of rotatable bonds is 2. The minimum atomic E-state index is 0.362. The molecule has 4 rings (SSSR count). The predicted molar refractivity (Wildman–Crippen MR) is 82.5 cm³/mol. The number of nitrogens with zero attached hydrogens (tertiary/aromatic N) is 4. The number of nitrogens with one attached hydrogen (secondary N) is 1. The van der Waals surface area contributed by atoms with E-state index >= 15 is 0 Å². The Labute approximate surface area is 129 Å². The summed E-state index contributed by atoms with van der Waals surface area (Å²) in [6.45, 7) is 5.97. The van der Waals surface area contributed by atoms with Gasteiger partial charge < -0.3 is 14.7 Å². The number of pyridine rings is 1. The van der Waals surface area contributed by atoms with Crippen molar-refractivity contribution in [3.63, 3.8) is 0 Å². The molecule has 2 aliphatic heterocycles. The Morgan fingerprint density at radius 2 is 2.32 bits per heavy atom. The van der Waals surface area contributed by atoms with E-state index in [1.165, 1.54) is 11.1 Å². The summed E-state index contributed by atoms with van der Waals surface area (Å²) >= 11 is 0. The van der Waals surface area contributed by atoms with Gasteiger partial charge in [-0.05, 0) is 51.0 Å². The number of aromatic nitrogens is 3. The maximum Gasteiger partial charge on any atom is 0.231 e. The van der Waals surface area contributed by atoms with Crippen molar-refractivity contribution in [2.75, 3.05) is 26.7 Å². The molecule has 0 saturated carbocycles. The third kappa shape index (κ3) is 2.32. The van der Waals surface area contributed by atoms with Crippen molar-refractivity contribution in [1.82, 2.24) is 25.3 Å². The van der Waals surface area contributed by atoms with Crippen LogP contribution in [0.4, 0.5) is 0 Å². The molecule has 0 amide bonds. The highest BCUT2D eigenvalue weighted by Gasteiger charge is 2.28. The molecular weight excluding hydrogens is 278 g/mol. The van der Waals surface area contributed by atoms with Gasteiger partial charge in [0.15, 0.2) is 0 Å². The third-order valence-corrected chi connectivity index (χ3v) is 4.74. The second-order valence-corrected chi connectivity index (χ2v) is 6.35. The minimum absolute atomic E-state index is 0.362. The van der Waals surface area contributed by atoms with E-state index in [4.69, 9.17) is 9.51 Å². The molecule has 1 saturated heterocycles. The number of aryl methyl sites for hydroxylation is 1. The van der Waals surface area contributed by atoms with E-state index in [-0.39, 0.29) is 0 Å². The van der Waals surface area contributed by atoms with Gasteiger partial charge in [-0.25, -0.2) is 0 Å². The molecule has 22 heavy (non-hydrogen) atoms. The summed E-state index contributed by atoms with van der Waals surface area (Å²) in [7, 11) is 2.13. The third-order valence-electron chi connectivity index (χ3n) is 4.74. The second-order valence-electron chi connectivity index (χ2n) is 6.35. The molecule has 0 aliphatic carbocycles. The first-order valence-electron chi connectivity index (χ1n) is 7.93. The van der Waals surface area contributed by atoms with Crippen LogP contribution in [0, 0.1) is 6.92 Å². The molecule has 4 heterocycles. The van der Waals surface area contributed by atoms with E-state index < -0.39 is 0 Å². The van der Waals surface area contributed by atoms with Crippen molar-refractivity contribution in [2.24, 2.45) is 0 Å². The first-order valence-corrected chi connectivity index (χ1v) is 7.93. The molecule has 2 aromatic rings. The number of hydrogen-bond donors (Lipinski definition) is 1. The van der Waals surface area contributed by atoms with Gasteiger partial charge in [-0.3, -0.25) is 4.98 Å². The van der Waals surface area contributed by atoms with Crippen LogP contribution < -0.4 is 5.32 Å². The quantitative estimate of drug-likeness (QED) is 0.906. The Morgan fingerprint density at radius 1 is 1.41 bits per heavy atom. The summed E-state index contributed by atoms with van der Waals surface area (Å²) in [6.07, 6.45) is 4.05. The van der Waals surface area contributed by atoms with Crippen LogP contribution in [-0.4, -0.2) is 46.7 Å². The van der Waals surface area contributed by atoms with Crippen molar-refractivity contribution in [2.45, 2.75) is 32.2 Å². The van der Waals surface area contributed by atoms with E-state index in [9.17, 15) is 0 Å². The van der Waals surface area contributed by atoms with Gasteiger partial charge in [0.05, 0.1) is 5.92 Å². The molecule has 116 valence electrons. The van der Waals surface area contributed by atoms with Crippen LogP contribution in [0.5, 0.6) is 0 Å². The Morgan fingerprint density at radius 3 is 3.14 bits per heavy atom. The van der Waals surface area contributed by atoms with Gasteiger partial charge in [-0.1, -0.05) is 5.16 Å². The maximum atomic E-state index is 5.57. The van der Waals surface area contributed by atoms with Gasteiger partial charge in [0.25, 0.3) is 0 Å². The summed E-state index contributed by atoms with van der Waals surface area (Å²) in [4.78, 5) is 11.5. The van der Waals surface area contributed by atoms with Crippen LogP contribution in [0.15, 0.2) is 10.7 Å². The van der Waals surface area contributed by atoms with Gasteiger partial charge >= 0.3 is 0 Å². The molecule has 2 aromatic heterocycles. The molecule has 1 atom stereocenters. The Hall–Kier alpha value is -1.79. The maximum absolute atomic E-state index is 5.57. The molecule has 0 bridgehead atoms. The van der Waals surface area contributed by atoms with Crippen LogP contribution in [-0.2, 0) is 13.0 Å². The molecule has 0 radical (unpaired) electrons. The molecule has 1 unspecified atom stereocenters. The van der Waals surface area contributed by atoms with Crippen LogP contribution in [0.25, 0.3) is 11.4 Å². The van der Waals surface area contributed by atoms with Gasteiger partial charge in [-0.2, -0.15) is 4.98 Å². The normalized spacial score (nSPS) is 22.0. The van der Waals surface area contributed by atoms with Crippen LogP contribution in [0.2, 0.25) is 0 Å². The van der Waals surface area contributed by atoms with Gasteiger partial charge in [-0.15, -0.1) is 0 Å². The van der Waals surface area contributed by atoms with Gasteiger partial charge in [0, 0.05) is 30.5 Å². The first-order chi connectivity index (χ1) is 10.7. The van der Waals surface area contributed by atoms with Gasteiger partial charge in [0.2, 0.25) is 11.7 Å². The zero-order chi connectivity index (χ0) is 15.1. The fourth-order valence-corrected chi connectivity index (χ4v) is 3.51. The predicted octanol–water partition coefficient (Wildman–Crippen LogP) is 1.50. The van der Waals surface area contributed by atoms with E-state index in [0.29, 0.717) is 11.7 Å². The molecule has 6 nitrogen and oxygen atoms in total. The SMILES string of the molecule is Cc1ncc2c(c1-c1noc(C3CCN(C)C3)n1)CCNC2. The molecule has 0 spiro atoms. The fourth-order valence-electron chi connectivity index (χ4n) is 3.51.